The molecule has 27 heavy (non-hydrogen) atoms. The summed E-state index contributed by atoms with van der Waals surface area (Å²) in [6.45, 7) is 4.04. The molecule has 3 heterocycles. The van der Waals surface area contributed by atoms with E-state index in [0.29, 0.717) is 44.4 Å². The second kappa shape index (κ2) is 5.19. The maximum Gasteiger partial charge on any atom is 0.348 e. The molecular weight excluding hydrogens is 348 g/mol. The number of phenolic OH excluding ortho intramolecular Hbond substituents is 1. The Morgan fingerprint density at radius 2 is 1.93 bits per heavy atom. The molecule has 2 aromatic heterocycles. The van der Waals surface area contributed by atoms with E-state index in [1.807, 2.05) is 13.8 Å². The number of fused-ring (bicyclic) bond motifs is 7. The first kappa shape index (κ1) is 16.1. The van der Waals surface area contributed by atoms with Crippen LogP contribution in [-0.4, -0.2) is 17.8 Å². The Labute approximate surface area is 153 Å². The standard InChI is InChI=1S/C21H18O6/c1-21(2)7-6-12-13(24-3)9-15-17(18(12)27-21)19-16(20(23)26-15)11-5-4-10(22)8-14(11)25-19/h4-5,8-9,22H,6-7H2,1-3H3. The lowest BCUT2D eigenvalue weighted by Gasteiger charge is -2.33. The van der Waals surface area contributed by atoms with Crippen LogP contribution in [0.3, 0.4) is 0 Å². The molecule has 2 aromatic carbocycles. The highest BCUT2D eigenvalue weighted by Crippen LogP contribution is 2.46. The summed E-state index contributed by atoms with van der Waals surface area (Å²) in [4.78, 5) is 12.7. The van der Waals surface area contributed by atoms with Crippen LogP contribution < -0.4 is 15.1 Å². The highest BCUT2D eigenvalue weighted by atomic mass is 16.5. The van der Waals surface area contributed by atoms with Crippen molar-refractivity contribution in [3.63, 3.8) is 0 Å². The summed E-state index contributed by atoms with van der Waals surface area (Å²) in [6, 6.07) is 6.37. The Balaban J connectivity index is 2.01. The molecule has 0 saturated carbocycles. The quantitative estimate of drug-likeness (QED) is 0.499. The third-order valence-corrected chi connectivity index (χ3v) is 5.19. The second-order valence-corrected chi connectivity index (χ2v) is 7.50. The van der Waals surface area contributed by atoms with Crippen molar-refractivity contribution in [2.45, 2.75) is 32.3 Å². The summed E-state index contributed by atoms with van der Waals surface area (Å²) in [6.07, 6.45) is 1.62. The molecule has 5 rings (SSSR count). The van der Waals surface area contributed by atoms with E-state index in [-0.39, 0.29) is 11.4 Å². The van der Waals surface area contributed by atoms with Crippen LogP contribution in [0.2, 0.25) is 0 Å². The van der Waals surface area contributed by atoms with Gasteiger partial charge in [-0.05, 0) is 38.8 Å². The van der Waals surface area contributed by atoms with Gasteiger partial charge in [0, 0.05) is 23.1 Å². The smallest absolute Gasteiger partial charge is 0.348 e. The van der Waals surface area contributed by atoms with Crippen LogP contribution in [0.4, 0.5) is 0 Å². The molecule has 0 bridgehead atoms. The zero-order valence-corrected chi connectivity index (χ0v) is 15.2. The minimum absolute atomic E-state index is 0.0660. The molecule has 1 aliphatic heterocycles. The number of furan rings is 1. The van der Waals surface area contributed by atoms with Gasteiger partial charge in [0.1, 0.15) is 44.8 Å². The zero-order chi connectivity index (χ0) is 18.9. The van der Waals surface area contributed by atoms with Crippen LogP contribution in [0.1, 0.15) is 25.8 Å². The fourth-order valence-corrected chi connectivity index (χ4v) is 3.85. The molecular formula is C21H18O6. The first-order valence-corrected chi connectivity index (χ1v) is 8.79. The van der Waals surface area contributed by atoms with Crippen LogP contribution in [0.25, 0.3) is 32.9 Å². The molecule has 138 valence electrons. The summed E-state index contributed by atoms with van der Waals surface area (Å²) in [5.41, 5.74) is 1.24. The molecule has 0 spiro atoms. The Hall–Kier alpha value is -3.15. The zero-order valence-electron chi connectivity index (χ0n) is 15.2. The number of aromatic hydroxyl groups is 1. The van der Waals surface area contributed by atoms with Gasteiger partial charge in [-0.25, -0.2) is 4.79 Å². The van der Waals surface area contributed by atoms with Gasteiger partial charge in [0.15, 0.2) is 5.58 Å². The highest BCUT2D eigenvalue weighted by molar-refractivity contribution is 6.15. The van der Waals surface area contributed by atoms with Crippen LogP contribution in [0, 0.1) is 0 Å². The van der Waals surface area contributed by atoms with Crippen molar-refractivity contribution in [3.8, 4) is 17.2 Å². The Bertz CT molecular complexity index is 1290. The van der Waals surface area contributed by atoms with E-state index in [0.717, 1.165) is 18.4 Å². The lowest BCUT2D eigenvalue weighted by molar-refractivity contribution is 0.0858. The molecule has 0 fully saturated rings. The summed E-state index contributed by atoms with van der Waals surface area (Å²) in [5.74, 6) is 1.32. The van der Waals surface area contributed by atoms with Crippen molar-refractivity contribution >= 4 is 32.9 Å². The second-order valence-electron chi connectivity index (χ2n) is 7.50. The average Bonchev–Trinajstić information content (AvgIpc) is 2.98. The van der Waals surface area contributed by atoms with Crippen LogP contribution in [-0.2, 0) is 6.42 Å². The van der Waals surface area contributed by atoms with Gasteiger partial charge in [0.25, 0.3) is 0 Å². The first-order valence-electron chi connectivity index (χ1n) is 8.79. The van der Waals surface area contributed by atoms with Crippen molar-refractivity contribution in [1.82, 2.24) is 0 Å². The van der Waals surface area contributed by atoms with Crippen molar-refractivity contribution in [2.24, 2.45) is 0 Å². The first-order chi connectivity index (χ1) is 12.9. The summed E-state index contributed by atoms with van der Waals surface area (Å²) >= 11 is 0. The van der Waals surface area contributed by atoms with Crippen LogP contribution in [0.15, 0.2) is 37.9 Å². The maximum absolute atomic E-state index is 12.7. The number of ether oxygens (including phenoxy) is 2. The average molecular weight is 366 g/mol. The summed E-state index contributed by atoms with van der Waals surface area (Å²) in [5, 5.41) is 11.3. The third kappa shape index (κ3) is 2.22. The number of benzene rings is 2. The summed E-state index contributed by atoms with van der Waals surface area (Å²) < 4.78 is 23.4. The Morgan fingerprint density at radius 1 is 1.11 bits per heavy atom. The highest BCUT2D eigenvalue weighted by Gasteiger charge is 2.33. The monoisotopic (exact) mass is 366 g/mol. The molecule has 0 radical (unpaired) electrons. The van der Waals surface area contributed by atoms with Crippen molar-refractivity contribution in [3.05, 3.63) is 40.2 Å². The van der Waals surface area contributed by atoms with Gasteiger partial charge < -0.3 is 23.4 Å². The van der Waals surface area contributed by atoms with Gasteiger partial charge in [0.2, 0.25) is 0 Å². The number of hydrogen-bond donors (Lipinski definition) is 1. The molecule has 1 aliphatic rings. The number of hydrogen-bond acceptors (Lipinski definition) is 6. The molecule has 6 nitrogen and oxygen atoms in total. The predicted molar refractivity (Wildman–Crippen MR) is 101 cm³/mol. The van der Waals surface area contributed by atoms with E-state index in [4.69, 9.17) is 18.3 Å². The predicted octanol–water partition coefficient (Wildman–Crippen LogP) is 4.51. The van der Waals surface area contributed by atoms with Gasteiger partial charge in [-0.2, -0.15) is 0 Å². The normalized spacial score (nSPS) is 15.8. The van der Waals surface area contributed by atoms with Crippen LogP contribution >= 0.6 is 0 Å². The lowest BCUT2D eigenvalue weighted by atomic mass is 9.92. The largest absolute Gasteiger partial charge is 0.508 e. The summed E-state index contributed by atoms with van der Waals surface area (Å²) in [7, 11) is 1.59. The lowest BCUT2D eigenvalue weighted by Crippen LogP contribution is -2.32. The molecule has 0 amide bonds. The molecule has 0 saturated heterocycles. The van der Waals surface area contributed by atoms with E-state index in [2.05, 4.69) is 0 Å². The molecule has 0 atom stereocenters. The fraction of sp³-hybridized carbons (Fsp3) is 0.286. The molecule has 4 aromatic rings. The van der Waals surface area contributed by atoms with Crippen molar-refractivity contribution in [2.75, 3.05) is 7.11 Å². The fourth-order valence-electron chi connectivity index (χ4n) is 3.85. The van der Waals surface area contributed by atoms with Crippen molar-refractivity contribution < 1.29 is 23.4 Å². The van der Waals surface area contributed by atoms with Crippen molar-refractivity contribution in [1.29, 1.82) is 0 Å². The van der Waals surface area contributed by atoms with Gasteiger partial charge in [-0.1, -0.05) is 0 Å². The molecule has 1 N–H and O–H groups in total. The number of phenols is 1. The molecule has 6 heteroatoms. The topological polar surface area (TPSA) is 82.0 Å². The van der Waals surface area contributed by atoms with Gasteiger partial charge in [-0.3, -0.25) is 0 Å². The molecule has 0 unspecified atom stereocenters. The van der Waals surface area contributed by atoms with Crippen LogP contribution in [0.5, 0.6) is 17.2 Å². The third-order valence-electron chi connectivity index (χ3n) is 5.19. The minimum atomic E-state index is -0.501. The van der Waals surface area contributed by atoms with E-state index in [1.54, 1.807) is 19.2 Å². The maximum atomic E-state index is 12.7. The minimum Gasteiger partial charge on any atom is -0.508 e. The molecule has 0 aliphatic carbocycles. The van der Waals surface area contributed by atoms with E-state index in [1.165, 1.54) is 12.1 Å². The van der Waals surface area contributed by atoms with Gasteiger partial charge in [-0.15, -0.1) is 0 Å². The van der Waals surface area contributed by atoms with E-state index >= 15 is 0 Å². The van der Waals surface area contributed by atoms with Gasteiger partial charge in [0.05, 0.1) is 7.11 Å². The van der Waals surface area contributed by atoms with E-state index in [9.17, 15) is 9.90 Å². The number of methoxy groups -OCH3 is 1. The van der Waals surface area contributed by atoms with Gasteiger partial charge >= 0.3 is 5.63 Å². The Kier molecular flexibility index (Phi) is 3.09. The Morgan fingerprint density at radius 3 is 2.70 bits per heavy atom. The van der Waals surface area contributed by atoms with E-state index < -0.39 is 5.63 Å². The SMILES string of the molecule is COc1cc2oc(=O)c3c4ccc(O)cc4oc3c2c2c1CCC(C)(C)O2. The number of rotatable bonds is 1.